The Morgan fingerprint density at radius 3 is 2.94 bits per heavy atom. The number of aromatic amines is 1. The van der Waals surface area contributed by atoms with Crippen molar-refractivity contribution in [2.75, 3.05) is 6.61 Å². The van der Waals surface area contributed by atoms with Crippen LogP contribution in [0.5, 0.6) is 0 Å². The van der Waals surface area contributed by atoms with Crippen LogP contribution in [-0.2, 0) is 16.1 Å². The zero-order valence-electron chi connectivity index (χ0n) is 10.0. The van der Waals surface area contributed by atoms with E-state index < -0.39 is 0 Å². The predicted octanol–water partition coefficient (Wildman–Crippen LogP) is 2.09. The maximum Gasteiger partial charge on any atom is 0.248 e. The number of carbonyl (C=O) groups is 1. The summed E-state index contributed by atoms with van der Waals surface area (Å²) in [4.78, 5) is 19.8. The van der Waals surface area contributed by atoms with Gasteiger partial charge in [-0.1, -0.05) is 18.2 Å². The summed E-state index contributed by atoms with van der Waals surface area (Å²) < 4.78 is 0. The third kappa shape index (κ3) is 2.47. The lowest BCUT2D eigenvalue weighted by Gasteiger charge is -2.03. The quantitative estimate of drug-likeness (QED) is 0.793. The fourth-order valence-corrected chi connectivity index (χ4v) is 1.91. The summed E-state index contributed by atoms with van der Waals surface area (Å²) >= 11 is 0. The zero-order valence-corrected chi connectivity index (χ0v) is 10.0. The predicted molar refractivity (Wildman–Crippen MR) is 66.5 cm³/mol. The molecule has 0 aliphatic rings. The molecule has 2 rings (SSSR count). The van der Waals surface area contributed by atoms with Gasteiger partial charge in [0.2, 0.25) is 5.91 Å². The average Bonchev–Trinajstić information content (AvgIpc) is 2.64. The highest BCUT2D eigenvalue weighted by atomic mass is 16.6. The molecule has 1 aromatic heterocycles. The number of benzene rings is 1. The van der Waals surface area contributed by atoms with Crippen molar-refractivity contribution >= 4 is 16.8 Å². The second-order valence-electron chi connectivity index (χ2n) is 3.91. The van der Waals surface area contributed by atoms with Gasteiger partial charge in [-0.15, -0.1) is 0 Å². The van der Waals surface area contributed by atoms with Gasteiger partial charge in [0.1, 0.15) is 0 Å². The first-order valence-corrected chi connectivity index (χ1v) is 5.69. The topological polar surface area (TPSA) is 54.1 Å². The first-order valence-electron chi connectivity index (χ1n) is 5.69. The van der Waals surface area contributed by atoms with Gasteiger partial charge in [-0.05, 0) is 25.5 Å². The molecule has 0 aliphatic heterocycles. The zero-order chi connectivity index (χ0) is 12.3. The van der Waals surface area contributed by atoms with Gasteiger partial charge in [-0.3, -0.25) is 9.63 Å². The Morgan fingerprint density at radius 1 is 1.41 bits per heavy atom. The highest BCUT2D eigenvalue weighted by molar-refractivity contribution is 5.89. The van der Waals surface area contributed by atoms with Crippen LogP contribution in [0.1, 0.15) is 18.2 Å². The number of aryl methyl sites for hydroxylation is 1. The first-order chi connectivity index (χ1) is 8.22. The number of aromatic nitrogens is 1. The highest BCUT2D eigenvalue weighted by Crippen LogP contribution is 2.22. The summed E-state index contributed by atoms with van der Waals surface area (Å²) in [5, 5.41) is 1.09. The SMILES string of the molecule is CCONC(=O)Cc1c(C)[nH]c2ccccc12. The van der Waals surface area contributed by atoms with E-state index in [2.05, 4.69) is 10.5 Å². The van der Waals surface area contributed by atoms with Crippen molar-refractivity contribution in [1.29, 1.82) is 0 Å². The van der Waals surface area contributed by atoms with Gasteiger partial charge in [0.05, 0.1) is 13.0 Å². The second kappa shape index (κ2) is 5.01. The molecule has 1 aromatic carbocycles. The van der Waals surface area contributed by atoms with Crippen LogP contribution in [0.25, 0.3) is 10.9 Å². The fourth-order valence-electron chi connectivity index (χ4n) is 1.91. The van der Waals surface area contributed by atoms with Gasteiger partial charge in [0.15, 0.2) is 0 Å². The smallest absolute Gasteiger partial charge is 0.248 e. The van der Waals surface area contributed by atoms with Crippen molar-refractivity contribution in [2.24, 2.45) is 0 Å². The highest BCUT2D eigenvalue weighted by Gasteiger charge is 2.11. The third-order valence-electron chi connectivity index (χ3n) is 2.69. The van der Waals surface area contributed by atoms with Crippen LogP contribution < -0.4 is 5.48 Å². The summed E-state index contributed by atoms with van der Waals surface area (Å²) in [6.45, 7) is 4.28. The van der Waals surface area contributed by atoms with E-state index in [0.717, 1.165) is 22.2 Å². The van der Waals surface area contributed by atoms with Crippen LogP contribution >= 0.6 is 0 Å². The standard InChI is InChI=1S/C13H16N2O2/c1-3-17-15-13(16)8-11-9(2)14-12-7-5-4-6-10(11)12/h4-7,14H,3,8H2,1-2H3,(H,15,16). The summed E-state index contributed by atoms with van der Waals surface area (Å²) in [6.07, 6.45) is 0.329. The normalized spacial score (nSPS) is 10.7. The lowest BCUT2D eigenvalue weighted by molar-refractivity contribution is -0.132. The number of nitrogens with one attached hydrogen (secondary N) is 2. The van der Waals surface area contributed by atoms with Crippen LogP contribution in [0, 0.1) is 6.92 Å². The molecule has 90 valence electrons. The van der Waals surface area contributed by atoms with Gasteiger partial charge < -0.3 is 4.98 Å². The molecule has 17 heavy (non-hydrogen) atoms. The summed E-state index contributed by atoms with van der Waals surface area (Å²) in [7, 11) is 0. The van der Waals surface area contributed by atoms with Gasteiger partial charge in [0, 0.05) is 16.6 Å². The molecule has 2 aromatic rings. The van der Waals surface area contributed by atoms with Gasteiger partial charge in [-0.25, -0.2) is 5.48 Å². The molecule has 0 atom stereocenters. The number of H-pyrrole nitrogens is 1. The van der Waals surface area contributed by atoms with E-state index in [1.165, 1.54) is 0 Å². The summed E-state index contributed by atoms with van der Waals surface area (Å²) in [5.41, 5.74) is 5.52. The first kappa shape index (κ1) is 11.7. The number of amides is 1. The Hall–Kier alpha value is -1.81. The number of hydrogen-bond donors (Lipinski definition) is 2. The minimum absolute atomic E-state index is 0.125. The monoisotopic (exact) mass is 232 g/mol. The number of rotatable bonds is 4. The van der Waals surface area contributed by atoms with Crippen molar-refractivity contribution in [3.8, 4) is 0 Å². The van der Waals surface area contributed by atoms with Crippen molar-refractivity contribution in [3.05, 3.63) is 35.5 Å². The molecule has 0 spiro atoms. The van der Waals surface area contributed by atoms with Gasteiger partial charge >= 0.3 is 0 Å². The molecule has 0 fully saturated rings. The third-order valence-corrected chi connectivity index (χ3v) is 2.69. The maximum atomic E-state index is 11.6. The molecule has 4 heteroatoms. The molecule has 0 aliphatic carbocycles. The Bertz CT molecular complexity index is 531. The van der Waals surface area contributed by atoms with Crippen LogP contribution in [0.15, 0.2) is 24.3 Å². The summed E-state index contributed by atoms with van der Waals surface area (Å²) in [6, 6.07) is 7.97. The number of hydroxylamine groups is 1. The molecule has 1 heterocycles. The molecule has 1 amide bonds. The minimum Gasteiger partial charge on any atom is -0.358 e. The van der Waals surface area contributed by atoms with Crippen LogP contribution in [0.2, 0.25) is 0 Å². The van der Waals surface area contributed by atoms with Crippen molar-refractivity contribution in [1.82, 2.24) is 10.5 Å². The summed E-state index contributed by atoms with van der Waals surface area (Å²) in [5.74, 6) is -0.125. The number of para-hydroxylation sites is 1. The van der Waals surface area contributed by atoms with Crippen LogP contribution in [-0.4, -0.2) is 17.5 Å². The fraction of sp³-hybridized carbons (Fsp3) is 0.308. The van der Waals surface area contributed by atoms with Crippen molar-refractivity contribution in [2.45, 2.75) is 20.3 Å². The van der Waals surface area contributed by atoms with E-state index in [0.29, 0.717) is 13.0 Å². The molecule has 2 N–H and O–H groups in total. The Balaban J connectivity index is 2.23. The molecule has 0 radical (unpaired) electrons. The molecular formula is C13H16N2O2. The lowest BCUT2D eigenvalue weighted by Crippen LogP contribution is -2.25. The van der Waals surface area contributed by atoms with E-state index in [9.17, 15) is 4.79 Å². The maximum absolute atomic E-state index is 11.6. The second-order valence-corrected chi connectivity index (χ2v) is 3.91. The molecular weight excluding hydrogens is 216 g/mol. The van der Waals surface area contributed by atoms with Gasteiger partial charge in [-0.2, -0.15) is 0 Å². The number of fused-ring (bicyclic) bond motifs is 1. The average molecular weight is 232 g/mol. The molecule has 0 unspecified atom stereocenters. The molecule has 4 nitrogen and oxygen atoms in total. The Kier molecular flexibility index (Phi) is 3.44. The molecule has 0 bridgehead atoms. The van der Waals surface area contributed by atoms with E-state index in [1.807, 2.05) is 38.1 Å². The van der Waals surface area contributed by atoms with Crippen LogP contribution in [0.3, 0.4) is 0 Å². The van der Waals surface area contributed by atoms with Crippen molar-refractivity contribution in [3.63, 3.8) is 0 Å². The van der Waals surface area contributed by atoms with Gasteiger partial charge in [0.25, 0.3) is 0 Å². The van der Waals surface area contributed by atoms with E-state index in [-0.39, 0.29) is 5.91 Å². The largest absolute Gasteiger partial charge is 0.358 e. The Morgan fingerprint density at radius 2 is 2.18 bits per heavy atom. The molecule has 0 saturated carbocycles. The van der Waals surface area contributed by atoms with E-state index in [4.69, 9.17) is 4.84 Å². The lowest BCUT2D eigenvalue weighted by atomic mass is 10.1. The molecule has 0 saturated heterocycles. The Labute approximate surface area is 99.9 Å². The number of hydrogen-bond acceptors (Lipinski definition) is 2. The van der Waals surface area contributed by atoms with E-state index in [1.54, 1.807) is 0 Å². The van der Waals surface area contributed by atoms with Crippen molar-refractivity contribution < 1.29 is 9.63 Å². The number of carbonyl (C=O) groups excluding carboxylic acids is 1. The van der Waals surface area contributed by atoms with E-state index >= 15 is 0 Å². The van der Waals surface area contributed by atoms with Crippen LogP contribution in [0.4, 0.5) is 0 Å². The minimum atomic E-state index is -0.125.